The number of fused-ring (bicyclic) bond motifs is 1. The monoisotopic (exact) mass is 606 g/mol. The maximum absolute atomic E-state index is 13.2. The molecule has 0 aliphatic rings. The molecule has 0 radical (unpaired) electrons. The number of phenols is 1. The summed E-state index contributed by atoms with van der Waals surface area (Å²) in [5.41, 5.74) is 2.05. The normalized spacial score (nSPS) is 12.1. The van der Waals surface area contributed by atoms with E-state index in [1.54, 1.807) is 75.6 Å². The van der Waals surface area contributed by atoms with Gasteiger partial charge in [-0.05, 0) is 80.6 Å². The van der Waals surface area contributed by atoms with E-state index in [-0.39, 0.29) is 24.5 Å². The fraction of sp³-hybridized carbons (Fsp3) is 0.290. The number of carbonyl (C=O) groups is 1. The number of anilines is 1. The molecule has 1 amide bonds. The number of ether oxygens (including phenoxy) is 1. The summed E-state index contributed by atoms with van der Waals surface area (Å²) in [6.07, 6.45) is 3.82. The van der Waals surface area contributed by atoms with Gasteiger partial charge in [-0.2, -0.15) is 0 Å². The third-order valence-electron chi connectivity index (χ3n) is 6.63. The number of nitro groups is 1. The lowest BCUT2D eigenvalue weighted by Gasteiger charge is -2.30. The molecule has 0 saturated heterocycles. The number of hydrogen-bond acceptors (Lipinski definition) is 7. The molecule has 4 aromatic rings. The van der Waals surface area contributed by atoms with E-state index in [0.29, 0.717) is 36.0 Å². The third kappa shape index (κ3) is 8.49. The highest BCUT2D eigenvalue weighted by atomic mass is 32.2. The van der Waals surface area contributed by atoms with E-state index in [1.165, 1.54) is 21.3 Å². The molecule has 12 heteroatoms. The molecule has 43 heavy (non-hydrogen) atoms. The zero-order chi connectivity index (χ0) is 31.1. The fourth-order valence-electron chi connectivity index (χ4n) is 4.62. The first-order valence-electron chi connectivity index (χ1n) is 13.7. The Balaban J connectivity index is 1.58. The maximum Gasteiger partial charge on any atom is 0.410 e. The zero-order valence-corrected chi connectivity index (χ0v) is 25.0. The van der Waals surface area contributed by atoms with Crippen molar-refractivity contribution < 1.29 is 28.3 Å². The predicted molar refractivity (Wildman–Crippen MR) is 166 cm³/mol. The number of nitro benzene ring substituents is 1. The highest BCUT2D eigenvalue weighted by Gasteiger charge is 2.24. The van der Waals surface area contributed by atoms with E-state index < -0.39 is 27.9 Å². The molecule has 0 fully saturated rings. The van der Waals surface area contributed by atoms with Gasteiger partial charge in [0.25, 0.3) is 17.0 Å². The first kappa shape index (κ1) is 31.4. The van der Waals surface area contributed by atoms with Crippen molar-refractivity contribution >= 4 is 39.5 Å². The second-order valence-electron chi connectivity index (χ2n) is 11.0. The summed E-state index contributed by atoms with van der Waals surface area (Å²) in [5, 5.41) is 22.4. The van der Waals surface area contributed by atoms with Crippen molar-refractivity contribution in [2.24, 2.45) is 0 Å². The van der Waals surface area contributed by atoms with E-state index in [1.807, 2.05) is 12.1 Å². The van der Waals surface area contributed by atoms with Crippen LogP contribution in [-0.2, 0) is 22.4 Å². The zero-order valence-electron chi connectivity index (χ0n) is 24.2. The van der Waals surface area contributed by atoms with Crippen LogP contribution in [0.25, 0.3) is 21.9 Å². The Morgan fingerprint density at radius 3 is 2.42 bits per heavy atom. The van der Waals surface area contributed by atoms with Gasteiger partial charge in [-0.25, -0.2) is 9.00 Å². The smallest absolute Gasteiger partial charge is 0.410 e. The minimum absolute atomic E-state index is 0.00710. The van der Waals surface area contributed by atoms with Crippen molar-refractivity contribution in [3.63, 3.8) is 0 Å². The van der Waals surface area contributed by atoms with Gasteiger partial charge >= 0.3 is 6.09 Å². The van der Waals surface area contributed by atoms with E-state index in [9.17, 15) is 28.8 Å². The van der Waals surface area contributed by atoms with Gasteiger partial charge < -0.3 is 14.7 Å². The van der Waals surface area contributed by atoms with Crippen molar-refractivity contribution in [1.82, 2.24) is 9.88 Å². The standard InChI is InChI=1S/C31H34N4O7S/c1-31(2,3)42-30(37)33(15-5-6-22-9-11-26(12-10-22)35(38)39)16-17-34(43(40)41)29-20-24(23-7-4-8-27(36)19-23)18-25-21-32-14-13-28(25)29/h4,7-14,18-21,36H,5-6,15-17H2,1-3H3,(H,40,41). The van der Waals surface area contributed by atoms with E-state index in [0.717, 1.165) is 16.5 Å². The molecule has 3 aromatic carbocycles. The Hall–Kier alpha value is -4.55. The minimum atomic E-state index is -2.44. The molecule has 1 atom stereocenters. The molecule has 0 saturated carbocycles. The molecular weight excluding hydrogens is 572 g/mol. The molecule has 0 bridgehead atoms. The van der Waals surface area contributed by atoms with Crippen LogP contribution in [0.2, 0.25) is 0 Å². The minimum Gasteiger partial charge on any atom is -0.508 e. The van der Waals surface area contributed by atoms with Gasteiger partial charge in [0.15, 0.2) is 0 Å². The van der Waals surface area contributed by atoms with Crippen molar-refractivity contribution in [1.29, 1.82) is 0 Å². The summed E-state index contributed by atoms with van der Waals surface area (Å²) in [5.74, 6) is 0.0923. The molecule has 1 heterocycles. The van der Waals surface area contributed by atoms with E-state index in [4.69, 9.17) is 4.74 Å². The summed E-state index contributed by atoms with van der Waals surface area (Å²) in [6.45, 7) is 5.70. The van der Waals surface area contributed by atoms with Crippen LogP contribution < -0.4 is 4.31 Å². The number of rotatable bonds is 11. The summed E-state index contributed by atoms with van der Waals surface area (Å²) < 4.78 is 30.1. The molecular formula is C31H34N4O7S. The predicted octanol–water partition coefficient (Wildman–Crippen LogP) is 6.33. The number of phenolic OH excluding ortho intramolecular Hbond substituents is 1. The van der Waals surface area contributed by atoms with Crippen LogP contribution in [0.1, 0.15) is 32.8 Å². The second kappa shape index (κ2) is 13.6. The Morgan fingerprint density at radius 2 is 1.77 bits per heavy atom. The highest BCUT2D eigenvalue weighted by molar-refractivity contribution is 7.80. The lowest BCUT2D eigenvalue weighted by atomic mass is 10.0. The Labute approximate surface area is 252 Å². The van der Waals surface area contributed by atoms with E-state index in [2.05, 4.69) is 4.98 Å². The SMILES string of the molecule is CC(C)(C)OC(=O)N(CCCc1ccc([N+](=O)[O-])cc1)CCN(c1cc(-c2cccc(O)c2)cc2cnccc12)S(=O)O. The lowest BCUT2D eigenvalue weighted by molar-refractivity contribution is -0.384. The first-order chi connectivity index (χ1) is 20.4. The number of aromatic hydroxyl groups is 1. The molecule has 1 unspecified atom stereocenters. The van der Waals surface area contributed by atoms with Crippen LogP contribution in [-0.4, -0.2) is 60.0 Å². The molecule has 2 N–H and O–H groups in total. The van der Waals surface area contributed by atoms with E-state index >= 15 is 0 Å². The number of hydrogen-bond donors (Lipinski definition) is 2. The highest BCUT2D eigenvalue weighted by Crippen LogP contribution is 2.34. The largest absolute Gasteiger partial charge is 0.508 e. The molecule has 0 spiro atoms. The number of aryl methyl sites for hydroxylation is 1. The second-order valence-corrected chi connectivity index (χ2v) is 11.9. The number of benzene rings is 3. The van der Waals surface area contributed by atoms with Crippen LogP contribution in [0, 0.1) is 10.1 Å². The molecule has 0 aliphatic heterocycles. The number of nitrogens with zero attached hydrogens (tertiary/aromatic N) is 4. The van der Waals surface area contributed by atoms with Gasteiger partial charge in [0.2, 0.25) is 0 Å². The van der Waals surface area contributed by atoms with Gasteiger partial charge in [0.1, 0.15) is 11.4 Å². The molecule has 11 nitrogen and oxygen atoms in total. The van der Waals surface area contributed by atoms with Gasteiger partial charge in [-0.15, -0.1) is 0 Å². The Kier molecular flexibility index (Phi) is 9.94. The lowest BCUT2D eigenvalue weighted by Crippen LogP contribution is -2.42. The van der Waals surface area contributed by atoms with Crippen LogP contribution in [0.3, 0.4) is 0 Å². The van der Waals surface area contributed by atoms with Crippen LogP contribution in [0.15, 0.2) is 79.1 Å². The van der Waals surface area contributed by atoms with Crippen molar-refractivity contribution in [2.75, 3.05) is 23.9 Å². The topological polar surface area (TPSA) is 146 Å². The fourth-order valence-corrected chi connectivity index (χ4v) is 5.18. The average Bonchev–Trinajstić information content (AvgIpc) is 2.95. The number of pyridine rings is 1. The average molecular weight is 607 g/mol. The van der Waals surface area contributed by atoms with Crippen molar-refractivity contribution in [3.8, 4) is 16.9 Å². The molecule has 0 aliphatic carbocycles. The number of carbonyl (C=O) groups excluding carboxylic acids is 1. The molecule has 4 rings (SSSR count). The first-order valence-corrected chi connectivity index (χ1v) is 14.7. The quantitative estimate of drug-likeness (QED) is 0.114. The Morgan fingerprint density at radius 1 is 1.02 bits per heavy atom. The molecule has 226 valence electrons. The van der Waals surface area contributed by atoms with Gasteiger partial charge in [-0.1, -0.05) is 24.3 Å². The van der Waals surface area contributed by atoms with Gasteiger partial charge in [-0.3, -0.25) is 24.0 Å². The maximum atomic E-state index is 13.2. The number of amides is 1. The third-order valence-corrected chi connectivity index (χ3v) is 7.39. The van der Waals surface area contributed by atoms with Crippen LogP contribution in [0.5, 0.6) is 5.75 Å². The summed E-state index contributed by atoms with van der Waals surface area (Å²) in [7, 11) is 0. The van der Waals surface area contributed by atoms with Gasteiger partial charge in [0.05, 0.1) is 17.2 Å². The Bertz CT molecular complexity index is 1620. The van der Waals surface area contributed by atoms with Crippen LogP contribution in [0.4, 0.5) is 16.2 Å². The van der Waals surface area contributed by atoms with Gasteiger partial charge in [0, 0.05) is 48.4 Å². The summed E-state index contributed by atoms with van der Waals surface area (Å²) in [6, 6.07) is 18.4. The molecule has 1 aromatic heterocycles. The van der Waals surface area contributed by atoms with Crippen LogP contribution >= 0.6 is 0 Å². The van der Waals surface area contributed by atoms with Crippen molar-refractivity contribution in [3.05, 3.63) is 94.8 Å². The van der Waals surface area contributed by atoms with Crippen molar-refractivity contribution in [2.45, 2.75) is 39.2 Å². The summed E-state index contributed by atoms with van der Waals surface area (Å²) in [4.78, 5) is 29.4. The number of aromatic nitrogens is 1. The summed E-state index contributed by atoms with van der Waals surface area (Å²) >= 11 is -2.44. The number of non-ortho nitro benzene ring substituents is 1.